The van der Waals surface area contributed by atoms with Crippen LogP contribution in [-0.2, 0) is 22.4 Å². The molecule has 24 valence electrons. The maximum absolute atomic E-state index is 0. The molecule has 4 heavy (non-hydrogen) atoms. The van der Waals surface area contributed by atoms with E-state index in [4.69, 9.17) is 0 Å². The Balaban J connectivity index is 0. The molecule has 0 aliphatic heterocycles. The molecule has 0 unspecified atom stereocenters. The fraction of sp³-hybridized carbons (Fsp3) is 0. The summed E-state index contributed by atoms with van der Waals surface area (Å²) in [5, 5.41) is 0. The van der Waals surface area contributed by atoms with E-state index in [9.17, 15) is 0 Å². The molecule has 0 saturated carbocycles. The van der Waals surface area contributed by atoms with Gasteiger partial charge in [-0.25, -0.2) is 0 Å². The molecule has 0 bridgehead atoms. The second-order valence-electron chi connectivity index (χ2n) is 0. The molecule has 0 fully saturated rings. The summed E-state index contributed by atoms with van der Waals surface area (Å²) in [7, 11) is 0. The summed E-state index contributed by atoms with van der Waals surface area (Å²) >= 11 is 0. The summed E-state index contributed by atoms with van der Waals surface area (Å²) in [6.45, 7) is 0. The van der Waals surface area contributed by atoms with E-state index >= 15 is 0 Å². The van der Waals surface area contributed by atoms with E-state index in [0.29, 0.717) is 0 Å². The Labute approximate surface area is 87.2 Å². The number of rotatable bonds is 0. The van der Waals surface area contributed by atoms with Crippen molar-refractivity contribution < 1.29 is 63.2 Å². The van der Waals surface area contributed by atoms with Crippen molar-refractivity contribution in [2.45, 2.75) is 0 Å². The van der Waals surface area contributed by atoms with Gasteiger partial charge < -0.3 is 0 Å². The predicted molar refractivity (Wildman–Crippen MR) is 15.7 cm³/mol. The van der Waals surface area contributed by atoms with Crippen molar-refractivity contribution in [3.05, 3.63) is 0 Å². The first-order valence-corrected chi connectivity index (χ1v) is 0. The summed E-state index contributed by atoms with van der Waals surface area (Å²) in [5.74, 6) is 0. The molecule has 0 aromatic rings. The van der Waals surface area contributed by atoms with Gasteiger partial charge in [0, 0.05) is 71.6 Å². The van der Waals surface area contributed by atoms with Crippen molar-refractivity contribution in [3.63, 3.8) is 0 Å². The minimum atomic E-state index is 0. The van der Waals surface area contributed by atoms with Gasteiger partial charge in [0.1, 0.15) is 0 Å². The SMILES string of the molecule is [Ag].[AlH3].[B].[Nd]. The Bertz CT molecular complexity index is 8.00. The van der Waals surface area contributed by atoms with Gasteiger partial charge in [0.05, 0.1) is 0 Å². The van der Waals surface area contributed by atoms with Crippen molar-refractivity contribution in [2.75, 3.05) is 0 Å². The predicted octanol–water partition coefficient (Wildman–Crippen LogP) is -1.57. The Morgan fingerprint density at radius 1 is 1.00 bits per heavy atom. The van der Waals surface area contributed by atoms with Gasteiger partial charge in [0.25, 0.3) is 0 Å². The molecule has 4 radical (unpaired) electrons. The van der Waals surface area contributed by atoms with Crippen LogP contribution in [0.1, 0.15) is 0 Å². The number of hydrogen-bond acceptors (Lipinski definition) is 0. The second-order valence-corrected chi connectivity index (χ2v) is 0. The second kappa shape index (κ2) is 17.3. The van der Waals surface area contributed by atoms with Crippen LogP contribution in [0.15, 0.2) is 0 Å². The van der Waals surface area contributed by atoms with Crippen LogP contribution in [0, 0.1) is 40.8 Å². The molecule has 0 aliphatic rings. The van der Waals surface area contributed by atoms with Crippen LogP contribution in [-0.4, -0.2) is 25.8 Å². The average Bonchev–Trinajstić information content (AvgIpc) is 0. The van der Waals surface area contributed by atoms with Crippen LogP contribution in [0.4, 0.5) is 0 Å². The topological polar surface area (TPSA) is 0 Å². The molecular formula is H3AgAlBNd. The molecule has 0 saturated heterocycles. The van der Waals surface area contributed by atoms with Gasteiger partial charge in [-0.3, -0.25) is 0 Å². The van der Waals surface area contributed by atoms with Crippen molar-refractivity contribution in [1.82, 2.24) is 0 Å². The van der Waals surface area contributed by atoms with Gasteiger partial charge in [0.2, 0.25) is 0 Å². The zero-order chi connectivity index (χ0) is 0. The quantitative estimate of drug-likeness (QED) is 0.474. The van der Waals surface area contributed by atoms with Crippen molar-refractivity contribution in [2.24, 2.45) is 0 Å². The molecule has 4 heteroatoms. The van der Waals surface area contributed by atoms with Crippen molar-refractivity contribution in [1.29, 1.82) is 0 Å². The first-order chi connectivity index (χ1) is 0. The maximum Gasteiger partial charge on any atom is 0.187 e. The molecule has 0 heterocycles. The Kier molecular flexibility index (Phi) is 130. The van der Waals surface area contributed by atoms with Crippen molar-refractivity contribution in [3.8, 4) is 0 Å². The van der Waals surface area contributed by atoms with E-state index < -0.39 is 0 Å². The zero-order valence-corrected chi connectivity index (χ0v) is 6.07. The summed E-state index contributed by atoms with van der Waals surface area (Å²) in [5.41, 5.74) is 0. The third kappa shape index (κ3) is 8.82. The molecule has 0 aliphatic carbocycles. The minimum Gasteiger partial charge on any atom is 0 e. The first-order valence-electron chi connectivity index (χ1n) is 0. The monoisotopic (exact) mass is 290 g/mol. The molecule has 0 aromatic heterocycles. The van der Waals surface area contributed by atoms with Gasteiger partial charge >= 0.3 is 0 Å². The Morgan fingerprint density at radius 3 is 1.00 bits per heavy atom. The Morgan fingerprint density at radius 2 is 1.00 bits per heavy atom. The molecule has 0 amide bonds. The summed E-state index contributed by atoms with van der Waals surface area (Å²) in [6.07, 6.45) is 0. The van der Waals surface area contributed by atoms with Crippen molar-refractivity contribution >= 4 is 25.8 Å². The normalized spacial score (nSPS) is 0. The smallest absolute Gasteiger partial charge is 0 e. The van der Waals surface area contributed by atoms with E-state index in [-0.39, 0.29) is 89.0 Å². The Hall–Kier alpha value is 2.69. The van der Waals surface area contributed by atoms with E-state index in [1.165, 1.54) is 0 Å². The molecular weight excluding hydrogens is 290 g/mol. The molecule has 0 rings (SSSR count). The van der Waals surface area contributed by atoms with E-state index in [1.54, 1.807) is 0 Å². The van der Waals surface area contributed by atoms with Gasteiger partial charge in [-0.05, 0) is 0 Å². The third-order valence-corrected chi connectivity index (χ3v) is 0. The average molecular weight is 293 g/mol. The summed E-state index contributed by atoms with van der Waals surface area (Å²) in [6, 6.07) is 0. The van der Waals surface area contributed by atoms with Crippen LogP contribution in [0.2, 0.25) is 0 Å². The van der Waals surface area contributed by atoms with E-state index in [0.717, 1.165) is 0 Å². The fourth-order valence-electron chi connectivity index (χ4n) is 0. The summed E-state index contributed by atoms with van der Waals surface area (Å²) < 4.78 is 0. The molecule has 0 N–H and O–H groups in total. The van der Waals surface area contributed by atoms with Gasteiger partial charge in [-0.2, -0.15) is 0 Å². The van der Waals surface area contributed by atoms with Crippen LogP contribution in [0.5, 0.6) is 0 Å². The minimum absolute atomic E-state index is 0. The van der Waals surface area contributed by atoms with E-state index in [2.05, 4.69) is 0 Å². The van der Waals surface area contributed by atoms with Crippen LogP contribution < -0.4 is 0 Å². The van der Waals surface area contributed by atoms with Crippen LogP contribution in [0.25, 0.3) is 0 Å². The molecule has 0 atom stereocenters. The third-order valence-electron chi connectivity index (χ3n) is 0. The van der Waals surface area contributed by atoms with Gasteiger partial charge in [0.15, 0.2) is 17.4 Å². The zero-order valence-electron chi connectivity index (χ0n) is 1.38. The van der Waals surface area contributed by atoms with Crippen LogP contribution in [0.3, 0.4) is 0 Å². The van der Waals surface area contributed by atoms with Crippen LogP contribution >= 0.6 is 0 Å². The molecule has 0 aromatic carbocycles. The standard InChI is InChI=1S/Ag.Al.B.Nd.3H. The number of hydrogen-bond donors (Lipinski definition) is 0. The molecule has 0 nitrogen and oxygen atoms in total. The summed E-state index contributed by atoms with van der Waals surface area (Å²) in [4.78, 5) is 0. The maximum atomic E-state index is 0. The molecule has 0 spiro atoms. The fourth-order valence-corrected chi connectivity index (χ4v) is 0. The van der Waals surface area contributed by atoms with Gasteiger partial charge in [-0.1, -0.05) is 0 Å². The van der Waals surface area contributed by atoms with Gasteiger partial charge in [-0.15, -0.1) is 0 Å². The first kappa shape index (κ1) is 29.9. The largest absolute Gasteiger partial charge is 0.187 e. The van der Waals surface area contributed by atoms with E-state index in [1.807, 2.05) is 0 Å².